The van der Waals surface area contributed by atoms with E-state index in [0.29, 0.717) is 24.7 Å². The number of amides is 2. The quantitative estimate of drug-likeness (QED) is 0.784. The summed E-state index contributed by atoms with van der Waals surface area (Å²) in [6, 6.07) is 0. The topological polar surface area (TPSA) is 90.5 Å². The number of carbonyl (C=O) groups is 2. The second-order valence-electron chi connectivity index (χ2n) is 4.84. The molecule has 19 heavy (non-hydrogen) atoms. The van der Waals surface area contributed by atoms with Crippen molar-refractivity contribution < 1.29 is 9.59 Å². The number of hydrogen-bond donors (Lipinski definition) is 2. The van der Waals surface area contributed by atoms with Gasteiger partial charge in [-0.3, -0.25) is 9.59 Å². The van der Waals surface area contributed by atoms with E-state index < -0.39 is 0 Å². The number of imidazole rings is 1. The average Bonchev–Trinajstić information content (AvgIpc) is 3.09. The first-order chi connectivity index (χ1) is 9.24. The highest BCUT2D eigenvalue weighted by Gasteiger charge is 2.29. The molecule has 7 heteroatoms. The fraction of sp³-hybridized carbons (Fsp3) is 0.500. The largest absolute Gasteiger partial charge is 0.348 e. The summed E-state index contributed by atoms with van der Waals surface area (Å²) in [6.45, 7) is 1.38. The molecule has 7 nitrogen and oxygen atoms in total. The Morgan fingerprint density at radius 2 is 2.16 bits per heavy atom. The average molecular weight is 261 g/mol. The molecular formula is C12H15N5O2. The molecule has 1 aromatic rings. The van der Waals surface area contributed by atoms with Crippen molar-refractivity contribution in [3.05, 3.63) is 18.2 Å². The highest BCUT2D eigenvalue weighted by Crippen LogP contribution is 2.26. The van der Waals surface area contributed by atoms with E-state index in [-0.39, 0.29) is 18.2 Å². The first kappa shape index (κ1) is 11.9. The Balaban J connectivity index is 1.58. The molecule has 3 heterocycles. The molecule has 2 amide bonds. The minimum atomic E-state index is -0.212. The normalized spacial score (nSPS) is 20.3. The smallest absolute Gasteiger partial charge is 0.270 e. The van der Waals surface area contributed by atoms with Crippen LogP contribution in [0.3, 0.4) is 0 Å². The van der Waals surface area contributed by atoms with Crippen LogP contribution in [0.15, 0.2) is 17.6 Å². The van der Waals surface area contributed by atoms with Crippen LogP contribution < -0.4 is 5.43 Å². The maximum Gasteiger partial charge on any atom is 0.270 e. The maximum absolute atomic E-state index is 12.1. The summed E-state index contributed by atoms with van der Waals surface area (Å²) in [5, 5.41) is 3.77. The van der Waals surface area contributed by atoms with Crippen LogP contribution in [0.5, 0.6) is 0 Å². The molecule has 2 aliphatic heterocycles. The summed E-state index contributed by atoms with van der Waals surface area (Å²) in [4.78, 5) is 32.1. The summed E-state index contributed by atoms with van der Waals surface area (Å²) >= 11 is 0. The van der Waals surface area contributed by atoms with Gasteiger partial charge >= 0.3 is 0 Å². The molecule has 1 fully saturated rings. The zero-order valence-electron chi connectivity index (χ0n) is 10.4. The standard InChI is InChI=1S/C12H15N5O2/c18-11-5-9(15-16-11)12(19)17-3-1-8(2-4-17)10-6-13-7-14-10/h6-8H,1-5H2,(H,13,14)(H,16,18). The Hall–Kier alpha value is -2.18. The van der Waals surface area contributed by atoms with Gasteiger partial charge in [0.05, 0.1) is 12.7 Å². The summed E-state index contributed by atoms with van der Waals surface area (Å²) in [7, 11) is 0. The number of nitrogens with one attached hydrogen (secondary N) is 2. The summed E-state index contributed by atoms with van der Waals surface area (Å²) in [6.07, 6.45) is 5.42. The number of hydrogen-bond acceptors (Lipinski definition) is 4. The lowest BCUT2D eigenvalue weighted by Crippen LogP contribution is -2.41. The molecule has 0 spiro atoms. The Morgan fingerprint density at radius 3 is 2.74 bits per heavy atom. The van der Waals surface area contributed by atoms with Crippen LogP contribution in [0, 0.1) is 0 Å². The van der Waals surface area contributed by atoms with Gasteiger partial charge in [-0.15, -0.1) is 0 Å². The molecule has 1 aromatic heterocycles. The van der Waals surface area contributed by atoms with Gasteiger partial charge in [-0.2, -0.15) is 5.10 Å². The van der Waals surface area contributed by atoms with Gasteiger partial charge in [-0.25, -0.2) is 10.4 Å². The molecule has 100 valence electrons. The third-order valence-electron chi connectivity index (χ3n) is 3.63. The molecule has 2 aliphatic rings. The van der Waals surface area contributed by atoms with E-state index in [0.717, 1.165) is 18.5 Å². The lowest BCUT2D eigenvalue weighted by molar-refractivity contribution is -0.125. The zero-order chi connectivity index (χ0) is 13.2. The number of carbonyl (C=O) groups excluding carboxylic acids is 2. The minimum absolute atomic E-state index is 0.0965. The molecule has 0 radical (unpaired) electrons. The van der Waals surface area contributed by atoms with Crippen molar-refractivity contribution >= 4 is 17.5 Å². The molecular weight excluding hydrogens is 246 g/mol. The summed E-state index contributed by atoms with van der Waals surface area (Å²) < 4.78 is 0. The highest BCUT2D eigenvalue weighted by molar-refractivity contribution is 6.43. The van der Waals surface area contributed by atoms with E-state index in [9.17, 15) is 9.59 Å². The van der Waals surface area contributed by atoms with E-state index in [2.05, 4.69) is 20.5 Å². The minimum Gasteiger partial charge on any atom is -0.348 e. The van der Waals surface area contributed by atoms with Crippen LogP contribution in [-0.4, -0.2) is 45.5 Å². The Morgan fingerprint density at radius 1 is 1.37 bits per heavy atom. The number of hydrazone groups is 1. The second-order valence-corrected chi connectivity index (χ2v) is 4.84. The van der Waals surface area contributed by atoms with Crippen molar-refractivity contribution in [3.8, 4) is 0 Å². The van der Waals surface area contributed by atoms with Crippen molar-refractivity contribution in [2.45, 2.75) is 25.2 Å². The van der Waals surface area contributed by atoms with Crippen molar-refractivity contribution in [1.29, 1.82) is 0 Å². The second kappa shape index (κ2) is 4.83. The van der Waals surface area contributed by atoms with E-state index in [4.69, 9.17) is 0 Å². The first-order valence-electron chi connectivity index (χ1n) is 6.37. The molecule has 0 bridgehead atoms. The van der Waals surface area contributed by atoms with E-state index in [1.165, 1.54) is 0 Å². The number of H-pyrrole nitrogens is 1. The predicted molar refractivity (Wildman–Crippen MR) is 67.3 cm³/mol. The number of likely N-dealkylation sites (tertiary alicyclic amines) is 1. The Kier molecular flexibility index (Phi) is 3.02. The molecule has 3 rings (SSSR count). The number of piperidine rings is 1. The lowest BCUT2D eigenvalue weighted by Gasteiger charge is -2.31. The van der Waals surface area contributed by atoms with E-state index >= 15 is 0 Å². The number of aromatic amines is 1. The van der Waals surface area contributed by atoms with Crippen molar-refractivity contribution in [2.75, 3.05) is 13.1 Å². The SMILES string of the molecule is O=C1CC(C(=O)N2CCC(c3cnc[nH]3)CC2)=NN1. The number of rotatable bonds is 2. The predicted octanol–water partition coefficient (Wildman–Crippen LogP) is -0.00840. The number of nitrogens with zero attached hydrogens (tertiary/aromatic N) is 3. The molecule has 2 N–H and O–H groups in total. The van der Waals surface area contributed by atoms with Gasteiger partial charge in [0.15, 0.2) is 0 Å². The van der Waals surface area contributed by atoms with Crippen LogP contribution in [0.4, 0.5) is 0 Å². The van der Waals surface area contributed by atoms with E-state index in [1.807, 2.05) is 6.20 Å². The van der Waals surface area contributed by atoms with Gasteiger partial charge in [0.1, 0.15) is 5.71 Å². The van der Waals surface area contributed by atoms with Gasteiger partial charge in [0, 0.05) is 30.9 Å². The van der Waals surface area contributed by atoms with Crippen LogP contribution >= 0.6 is 0 Å². The molecule has 0 atom stereocenters. The summed E-state index contributed by atoms with van der Waals surface area (Å²) in [5.41, 5.74) is 3.76. The monoisotopic (exact) mass is 261 g/mol. The van der Waals surface area contributed by atoms with Gasteiger partial charge in [0.2, 0.25) is 5.91 Å². The third kappa shape index (κ3) is 2.35. The maximum atomic E-state index is 12.1. The van der Waals surface area contributed by atoms with Crippen molar-refractivity contribution in [2.24, 2.45) is 5.10 Å². The van der Waals surface area contributed by atoms with Crippen LogP contribution in [0.25, 0.3) is 0 Å². The lowest BCUT2D eigenvalue weighted by atomic mass is 9.94. The zero-order valence-corrected chi connectivity index (χ0v) is 10.4. The van der Waals surface area contributed by atoms with Crippen molar-refractivity contribution in [3.63, 3.8) is 0 Å². The fourth-order valence-electron chi connectivity index (χ4n) is 2.55. The fourth-order valence-corrected chi connectivity index (χ4v) is 2.55. The molecule has 0 saturated carbocycles. The van der Waals surface area contributed by atoms with Crippen LogP contribution in [0.1, 0.15) is 30.9 Å². The van der Waals surface area contributed by atoms with Crippen LogP contribution in [0.2, 0.25) is 0 Å². The molecule has 1 saturated heterocycles. The first-order valence-corrected chi connectivity index (χ1v) is 6.37. The highest BCUT2D eigenvalue weighted by atomic mass is 16.2. The molecule has 0 aliphatic carbocycles. The molecule has 0 unspecified atom stereocenters. The van der Waals surface area contributed by atoms with E-state index in [1.54, 1.807) is 11.2 Å². The van der Waals surface area contributed by atoms with Gasteiger partial charge < -0.3 is 9.88 Å². The number of aromatic nitrogens is 2. The Bertz CT molecular complexity index is 514. The van der Waals surface area contributed by atoms with Crippen LogP contribution in [-0.2, 0) is 9.59 Å². The van der Waals surface area contributed by atoms with Gasteiger partial charge in [0.25, 0.3) is 5.91 Å². The van der Waals surface area contributed by atoms with Crippen molar-refractivity contribution in [1.82, 2.24) is 20.3 Å². The van der Waals surface area contributed by atoms with Gasteiger partial charge in [-0.05, 0) is 12.8 Å². The molecule has 0 aromatic carbocycles. The Labute approximate surface area is 110 Å². The third-order valence-corrected chi connectivity index (χ3v) is 3.63. The van der Waals surface area contributed by atoms with Gasteiger partial charge in [-0.1, -0.05) is 0 Å². The summed E-state index contributed by atoms with van der Waals surface area (Å²) in [5.74, 6) is 0.0916.